The van der Waals surface area contributed by atoms with E-state index in [0.717, 1.165) is 0 Å². The summed E-state index contributed by atoms with van der Waals surface area (Å²) in [6.07, 6.45) is 3.40. The molecular weight excluding hydrogens is 272 g/mol. The standard InChI is InChI=1S/C12H20O6S/c13-11-6-4-10(5-7-11)12(14)18-8-2-1-3-9-19(15,16)17/h10H,1-9H2,(H,15,16,17)/p-1. The molecule has 0 unspecified atom stereocenters. The minimum Gasteiger partial charge on any atom is -0.748 e. The predicted octanol–water partition coefficient (Wildman–Crippen LogP) is 1.00. The fourth-order valence-corrected chi connectivity index (χ4v) is 2.58. The maximum atomic E-state index is 11.6. The molecule has 0 saturated heterocycles. The van der Waals surface area contributed by atoms with E-state index in [1.807, 2.05) is 0 Å². The summed E-state index contributed by atoms with van der Waals surface area (Å²) in [6.45, 7) is 0.238. The Morgan fingerprint density at radius 1 is 1.21 bits per heavy atom. The van der Waals surface area contributed by atoms with Crippen molar-refractivity contribution in [2.24, 2.45) is 5.92 Å². The Hall–Kier alpha value is -0.950. The fourth-order valence-electron chi connectivity index (χ4n) is 2.02. The molecule has 1 saturated carbocycles. The summed E-state index contributed by atoms with van der Waals surface area (Å²) in [5.74, 6) is -0.627. The first-order valence-corrected chi connectivity index (χ1v) is 8.08. The minimum absolute atomic E-state index is 0.181. The number of ketones is 1. The highest BCUT2D eigenvalue weighted by Crippen LogP contribution is 2.22. The molecule has 1 rings (SSSR count). The summed E-state index contributed by atoms with van der Waals surface area (Å²) in [5.41, 5.74) is 0. The van der Waals surface area contributed by atoms with E-state index in [9.17, 15) is 22.6 Å². The lowest BCUT2D eigenvalue weighted by Gasteiger charge is -2.19. The van der Waals surface area contributed by atoms with Crippen molar-refractivity contribution in [1.82, 2.24) is 0 Å². The summed E-state index contributed by atoms with van der Waals surface area (Å²) >= 11 is 0. The molecule has 0 heterocycles. The van der Waals surface area contributed by atoms with Gasteiger partial charge in [-0.05, 0) is 32.1 Å². The van der Waals surface area contributed by atoms with Crippen molar-refractivity contribution in [2.75, 3.05) is 12.4 Å². The van der Waals surface area contributed by atoms with Crippen LogP contribution in [-0.2, 0) is 24.4 Å². The highest BCUT2D eigenvalue weighted by molar-refractivity contribution is 7.85. The molecule has 0 aromatic rings. The van der Waals surface area contributed by atoms with Crippen LogP contribution >= 0.6 is 0 Å². The highest BCUT2D eigenvalue weighted by Gasteiger charge is 2.25. The van der Waals surface area contributed by atoms with Gasteiger partial charge in [0, 0.05) is 18.6 Å². The average Bonchev–Trinajstić information content (AvgIpc) is 2.33. The molecule has 7 heteroatoms. The number of hydrogen-bond acceptors (Lipinski definition) is 6. The number of Topliss-reactive ketones (excluding diaryl/α,β-unsaturated/α-hetero) is 1. The molecule has 19 heavy (non-hydrogen) atoms. The predicted molar refractivity (Wildman–Crippen MR) is 66.3 cm³/mol. The van der Waals surface area contributed by atoms with Crippen LogP contribution in [0.5, 0.6) is 0 Å². The molecule has 0 amide bonds. The zero-order chi connectivity index (χ0) is 14.3. The number of unbranched alkanes of at least 4 members (excludes halogenated alkanes) is 2. The molecule has 1 aliphatic rings. The molecule has 0 radical (unpaired) electrons. The van der Waals surface area contributed by atoms with Gasteiger partial charge in [0.15, 0.2) is 0 Å². The van der Waals surface area contributed by atoms with Crippen molar-refractivity contribution in [3.8, 4) is 0 Å². The lowest BCUT2D eigenvalue weighted by molar-refractivity contribution is -0.150. The molecule has 0 N–H and O–H groups in total. The largest absolute Gasteiger partial charge is 0.748 e. The van der Waals surface area contributed by atoms with E-state index >= 15 is 0 Å². The van der Waals surface area contributed by atoms with Gasteiger partial charge in [-0.1, -0.05) is 0 Å². The third kappa shape index (κ3) is 7.27. The number of carbonyl (C=O) groups excluding carboxylic acids is 2. The van der Waals surface area contributed by atoms with E-state index in [2.05, 4.69) is 0 Å². The zero-order valence-electron chi connectivity index (χ0n) is 10.8. The Balaban J connectivity index is 2.06. The van der Waals surface area contributed by atoms with E-state index in [4.69, 9.17) is 4.74 Å². The highest BCUT2D eigenvalue weighted by atomic mass is 32.2. The Labute approximate surface area is 113 Å². The number of esters is 1. The number of rotatable bonds is 7. The smallest absolute Gasteiger partial charge is 0.308 e. The van der Waals surface area contributed by atoms with Crippen LogP contribution in [0.15, 0.2) is 0 Å². The molecule has 6 nitrogen and oxygen atoms in total. The molecule has 0 aliphatic heterocycles. The SMILES string of the molecule is O=C1CCC(C(=O)OCCCCCS(=O)(=O)[O-])CC1. The fraction of sp³-hybridized carbons (Fsp3) is 0.833. The molecule has 0 spiro atoms. The Morgan fingerprint density at radius 2 is 1.84 bits per heavy atom. The average molecular weight is 291 g/mol. The topological polar surface area (TPSA) is 101 Å². The molecule has 110 valence electrons. The third-order valence-electron chi connectivity index (χ3n) is 3.16. The van der Waals surface area contributed by atoms with Crippen LogP contribution < -0.4 is 0 Å². The van der Waals surface area contributed by atoms with Gasteiger partial charge < -0.3 is 9.29 Å². The monoisotopic (exact) mass is 291 g/mol. The van der Waals surface area contributed by atoms with E-state index in [-0.39, 0.29) is 30.0 Å². The van der Waals surface area contributed by atoms with Crippen molar-refractivity contribution in [2.45, 2.75) is 44.9 Å². The van der Waals surface area contributed by atoms with E-state index < -0.39 is 10.1 Å². The Kier molecular flexibility index (Phi) is 6.44. The molecule has 0 bridgehead atoms. The van der Waals surface area contributed by atoms with Crippen molar-refractivity contribution < 1.29 is 27.3 Å². The first-order chi connectivity index (χ1) is 8.88. The zero-order valence-corrected chi connectivity index (χ0v) is 11.6. The number of hydrogen-bond donors (Lipinski definition) is 0. The van der Waals surface area contributed by atoms with Crippen LogP contribution in [0.25, 0.3) is 0 Å². The summed E-state index contributed by atoms with van der Waals surface area (Å²) in [6, 6.07) is 0. The van der Waals surface area contributed by atoms with Gasteiger partial charge in [-0.3, -0.25) is 9.59 Å². The van der Waals surface area contributed by atoms with Crippen LogP contribution in [0, 0.1) is 5.92 Å². The van der Waals surface area contributed by atoms with Gasteiger partial charge >= 0.3 is 5.97 Å². The van der Waals surface area contributed by atoms with Crippen molar-refractivity contribution >= 4 is 21.9 Å². The maximum Gasteiger partial charge on any atom is 0.308 e. The lowest BCUT2D eigenvalue weighted by atomic mass is 9.88. The third-order valence-corrected chi connectivity index (χ3v) is 3.95. The van der Waals surface area contributed by atoms with Crippen LogP contribution in [0.1, 0.15) is 44.9 Å². The normalized spacial score (nSPS) is 17.4. The van der Waals surface area contributed by atoms with Gasteiger partial charge in [0.1, 0.15) is 5.78 Å². The Bertz CT molecular complexity index is 404. The first kappa shape index (κ1) is 16.1. The van der Waals surface area contributed by atoms with Crippen molar-refractivity contribution in [1.29, 1.82) is 0 Å². The molecular formula is C12H19O6S-. The first-order valence-electron chi connectivity index (χ1n) is 6.50. The van der Waals surface area contributed by atoms with E-state index in [1.54, 1.807) is 0 Å². The molecule has 0 atom stereocenters. The minimum atomic E-state index is -4.14. The molecule has 1 fully saturated rings. The summed E-state index contributed by atoms with van der Waals surface area (Å²) in [7, 11) is -4.14. The van der Waals surface area contributed by atoms with Gasteiger partial charge in [-0.25, -0.2) is 8.42 Å². The van der Waals surface area contributed by atoms with Gasteiger partial charge in [0.25, 0.3) is 0 Å². The van der Waals surface area contributed by atoms with Crippen LogP contribution in [0.3, 0.4) is 0 Å². The second kappa shape index (κ2) is 7.59. The van der Waals surface area contributed by atoms with Gasteiger partial charge in [0.05, 0.1) is 22.6 Å². The van der Waals surface area contributed by atoms with Crippen molar-refractivity contribution in [3.63, 3.8) is 0 Å². The molecule has 0 aromatic heterocycles. The van der Waals surface area contributed by atoms with E-state index in [1.165, 1.54) is 0 Å². The maximum absolute atomic E-state index is 11.6. The number of ether oxygens (including phenoxy) is 1. The lowest BCUT2D eigenvalue weighted by Crippen LogP contribution is -2.24. The van der Waals surface area contributed by atoms with Crippen molar-refractivity contribution in [3.05, 3.63) is 0 Å². The van der Waals surface area contributed by atoms with Gasteiger partial charge in [-0.15, -0.1) is 0 Å². The van der Waals surface area contributed by atoms with Crippen LogP contribution in [-0.4, -0.2) is 37.1 Å². The van der Waals surface area contributed by atoms with Crippen LogP contribution in [0.2, 0.25) is 0 Å². The second-order valence-corrected chi connectivity index (χ2v) is 6.33. The second-order valence-electron chi connectivity index (χ2n) is 4.80. The number of carbonyl (C=O) groups is 2. The quantitative estimate of drug-likeness (QED) is 0.394. The summed E-state index contributed by atoms with van der Waals surface area (Å²) in [5, 5.41) is 0. The molecule has 0 aromatic carbocycles. The van der Waals surface area contributed by atoms with E-state index in [0.29, 0.717) is 44.9 Å². The van der Waals surface area contributed by atoms with Gasteiger partial charge in [-0.2, -0.15) is 0 Å². The summed E-state index contributed by atoms with van der Waals surface area (Å²) in [4.78, 5) is 22.6. The summed E-state index contributed by atoms with van der Waals surface area (Å²) < 4.78 is 36.1. The molecule has 1 aliphatic carbocycles. The Morgan fingerprint density at radius 3 is 2.42 bits per heavy atom. The van der Waals surface area contributed by atoms with Gasteiger partial charge in [0.2, 0.25) is 0 Å². The van der Waals surface area contributed by atoms with Crippen LogP contribution in [0.4, 0.5) is 0 Å².